The lowest BCUT2D eigenvalue weighted by molar-refractivity contribution is -0.137. The SMILES string of the molecule is CC(Cc1ccc(O)cc1)N1CCN(CCC(=O)O)CC1. The first-order chi connectivity index (χ1) is 10.0. The molecule has 1 aromatic carbocycles. The molecule has 2 N–H and O–H groups in total. The van der Waals surface area contributed by atoms with Crippen molar-refractivity contribution in [1.82, 2.24) is 9.80 Å². The number of phenolic OH excluding ortho intramolecular Hbond substituents is 1. The molecule has 1 aliphatic heterocycles. The number of carboxylic acid groups (broad SMARTS) is 1. The maximum absolute atomic E-state index is 10.6. The zero-order valence-electron chi connectivity index (χ0n) is 12.5. The molecule has 1 saturated heterocycles. The van der Waals surface area contributed by atoms with E-state index >= 15 is 0 Å². The highest BCUT2D eigenvalue weighted by Crippen LogP contribution is 2.15. The summed E-state index contributed by atoms with van der Waals surface area (Å²) >= 11 is 0. The summed E-state index contributed by atoms with van der Waals surface area (Å²) in [7, 11) is 0. The highest BCUT2D eigenvalue weighted by molar-refractivity contribution is 5.66. The zero-order chi connectivity index (χ0) is 15.2. The molecule has 0 bridgehead atoms. The highest BCUT2D eigenvalue weighted by atomic mass is 16.4. The number of nitrogens with zero attached hydrogens (tertiary/aromatic N) is 2. The quantitative estimate of drug-likeness (QED) is 0.830. The smallest absolute Gasteiger partial charge is 0.304 e. The van der Waals surface area contributed by atoms with Crippen LogP contribution in [0, 0.1) is 0 Å². The van der Waals surface area contributed by atoms with Gasteiger partial charge in [-0.25, -0.2) is 0 Å². The topological polar surface area (TPSA) is 64.0 Å². The number of phenols is 1. The number of hydrogen-bond donors (Lipinski definition) is 2. The van der Waals surface area contributed by atoms with Crippen molar-refractivity contribution >= 4 is 5.97 Å². The molecular formula is C16H24N2O3. The van der Waals surface area contributed by atoms with E-state index < -0.39 is 5.97 Å². The Labute approximate surface area is 125 Å². The lowest BCUT2D eigenvalue weighted by atomic mass is 10.1. The van der Waals surface area contributed by atoms with Gasteiger partial charge in [0.25, 0.3) is 0 Å². The van der Waals surface area contributed by atoms with Gasteiger partial charge in [-0.3, -0.25) is 9.69 Å². The van der Waals surface area contributed by atoms with Crippen molar-refractivity contribution in [1.29, 1.82) is 0 Å². The summed E-state index contributed by atoms with van der Waals surface area (Å²) in [6.45, 7) is 6.72. The van der Waals surface area contributed by atoms with E-state index in [2.05, 4.69) is 16.7 Å². The lowest BCUT2D eigenvalue weighted by Gasteiger charge is -2.38. The van der Waals surface area contributed by atoms with Crippen LogP contribution in [-0.2, 0) is 11.2 Å². The standard InChI is InChI=1S/C16H24N2O3/c1-13(12-14-2-4-15(19)5-3-14)18-10-8-17(9-11-18)7-6-16(20)21/h2-5,13,19H,6-12H2,1H3,(H,20,21). The Bertz CT molecular complexity index is 453. The Morgan fingerprint density at radius 1 is 1.19 bits per heavy atom. The van der Waals surface area contributed by atoms with Crippen LogP contribution in [0.25, 0.3) is 0 Å². The molecule has 0 saturated carbocycles. The zero-order valence-corrected chi connectivity index (χ0v) is 12.5. The van der Waals surface area contributed by atoms with Gasteiger partial charge in [0, 0.05) is 38.8 Å². The summed E-state index contributed by atoms with van der Waals surface area (Å²) in [5, 5.41) is 18.0. The normalized spacial score (nSPS) is 18.5. The van der Waals surface area contributed by atoms with E-state index in [0.717, 1.165) is 32.6 Å². The van der Waals surface area contributed by atoms with E-state index in [4.69, 9.17) is 5.11 Å². The van der Waals surface area contributed by atoms with Crippen LogP contribution in [0.15, 0.2) is 24.3 Å². The fraction of sp³-hybridized carbons (Fsp3) is 0.562. The minimum Gasteiger partial charge on any atom is -0.508 e. The number of rotatable bonds is 6. The second-order valence-corrected chi connectivity index (χ2v) is 5.74. The number of benzene rings is 1. The Morgan fingerprint density at radius 2 is 1.81 bits per heavy atom. The summed E-state index contributed by atoms with van der Waals surface area (Å²) < 4.78 is 0. The maximum atomic E-state index is 10.6. The Balaban J connectivity index is 1.76. The van der Waals surface area contributed by atoms with Gasteiger partial charge >= 0.3 is 5.97 Å². The Hall–Kier alpha value is -1.59. The molecule has 0 spiro atoms. The van der Waals surface area contributed by atoms with Gasteiger partial charge < -0.3 is 15.1 Å². The molecule has 5 nitrogen and oxygen atoms in total. The molecule has 0 amide bonds. The second kappa shape index (κ2) is 7.43. The molecule has 5 heteroatoms. The lowest BCUT2D eigenvalue weighted by Crippen LogP contribution is -2.50. The van der Waals surface area contributed by atoms with Gasteiger partial charge in [-0.15, -0.1) is 0 Å². The van der Waals surface area contributed by atoms with Gasteiger partial charge in [-0.2, -0.15) is 0 Å². The average Bonchev–Trinajstić information content (AvgIpc) is 2.48. The van der Waals surface area contributed by atoms with Crippen LogP contribution in [0.1, 0.15) is 18.9 Å². The molecule has 116 valence electrons. The fourth-order valence-corrected chi connectivity index (χ4v) is 2.78. The van der Waals surface area contributed by atoms with Crippen molar-refractivity contribution in [2.24, 2.45) is 0 Å². The minimum atomic E-state index is -0.724. The van der Waals surface area contributed by atoms with Crippen LogP contribution < -0.4 is 0 Å². The van der Waals surface area contributed by atoms with Crippen LogP contribution in [0.5, 0.6) is 5.75 Å². The van der Waals surface area contributed by atoms with Crippen molar-refractivity contribution in [2.45, 2.75) is 25.8 Å². The molecule has 1 atom stereocenters. The fourth-order valence-electron chi connectivity index (χ4n) is 2.78. The highest BCUT2D eigenvalue weighted by Gasteiger charge is 2.21. The number of aliphatic carboxylic acids is 1. The third-order valence-corrected chi connectivity index (χ3v) is 4.14. The summed E-state index contributed by atoms with van der Waals surface area (Å²) in [4.78, 5) is 15.3. The van der Waals surface area contributed by atoms with Crippen molar-refractivity contribution in [2.75, 3.05) is 32.7 Å². The van der Waals surface area contributed by atoms with Gasteiger partial charge in [0.1, 0.15) is 5.75 Å². The van der Waals surface area contributed by atoms with Gasteiger partial charge in [0.05, 0.1) is 6.42 Å². The molecule has 1 unspecified atom stereocenters. The van der Waals surface area contributed by atoms with E-state index in [-0.39, 0.29) is 6.42 Å². The second-order valence-electron chi connectivity index (χ2n) is 5.74. The monoisotopic (exact) mass is 292 g/mol. The molecule has 2 rings (SSSR count). The van der Waals surface area contributed by atoms with Gasteiger partial charge in [0.2, 0.25) is 0 Å². The van der Waals surface area contributed by atoms with Crippen LogP contribution in [0.3, 0.4) is 0 Å². The van der Waals surface area contributed by atoms with E-state index in [1.807, 2.05) is 12.1 Å². The first-order valence-electron chi connectivity index (χ1n) is 7.50. The number of carboxylic acids is 1. The Morgan fingerprint density at radius 3 is 2.38 bits per heavy atom. The third kappa shape index (κ3) is 5.02. The van der Waals surface area contributed by atoms with Crippen LogP contribution in [-0.4, -0.2) is 64.7 Å². The molecule has 1 fully saturated rings. The van der Waals surface area contributed by atoms with E-state index in [1.54, 1.807) is 12.1 Å². The molecular weight excluding hydrogens is 268 g/mol. The molecule has 0 aliphatic carbocycles. The van der Waals surface area contributed by atoms with Crippen molar-refractivity contribution < 1.29 is 15.0 Å². The first-order valence-corrected chi connectivity index (χ1v) is 7.50. The third-order valence-electron chi connectivity index (χ3n) is 4.14. The molecule has 0 radical (unpaired) electrons. The van der Waals surface area contributed by atoms with Crippen molar-refractivity contribution in [3.05, 3.63) is 29.8 Å². The minimum absolute atomic E-state index is 0.225. The van der Waals surface area contributed by atoms with Crippen LogP contribution in [0.2, 0.25) is 0 Å². The van der Waals surface area contributed by atoms with Crippen molar-refractivity contribution in [3.8, 4) is 5.75 Å². The Kier molecular flexibility index (Phi) is 5.59. The van der Waals surface area contributed by atoms with Crippen LogP contribution in [0.4, 0.5) is 0 Å². The van der Waals surface area contributed by atoms with E-state index in [0.29, 0.717) is 18.3 Å². The molecule has 1 aliphatic rings. The van der Waals surface area contributed by atoms with Crippen molar-refractivity contribution in [3.63, 3.8) is 0 Å². The van der Waals surface area contributed by atoms with Gasteiger partial charge in [0.15, 0.2) is 0 Å². The van der Waals surface area contributed by atoms with E-state index in [9.17, 15) is 9.90 Å². The first kappa shape index (κ1) is 15.8. The maximum Gasteiger partial charge on any atom is 0.304 e. The predicted octanol–water partition coefficient (Wildman–Crippen LogP) is 1.42. The number of piperazine rings is 1. The number of aromatic hydroxyl groups is 1. The summed E-state index contributed by atoms with van der Waals surface area (Å²) in [5.74, 6) is -0.420. The number of carbonyl (C=O) groups is 1. The predicted molar refractivity (Wildman–Crippen MR) is 81.5 cm³/mol. The molecule has 1 aromatic rings. The molecule has 21 heavy (non-hydrogen) atoms. The van der Waals surface area contributed by atoms with Gasteiger partial charge in [-0.05, 0) is 31.0 Å². The largest absolute Gasteiger partial charge is 0.508 e. The van der Waals surface area contributed by atoms with E-state index in [1.165, 1.54) is 5.56 Å². The molecule has 1 heterocycles. The summed E-state index contributed by atoms with van der Waals surface area (Å²) in [6.07, 6.45) is 1.19. The van der Waals surface area contributed by atoms with Gasteiger partial charge in [-0.1, -0.05) is 12.1 Å². The van der Waals surface area contributed by atoms with Crippen LogP contribution >= 0.6 is 0 Å². The summed E-state index contributed by atoms with van der Waals surface area (Å²) in [5.41, 5.74) is 1.23. The summed E-state index contributed by atoms with van der Waals surface area (Å²) in [6, 6.07) is 7.85. The molecule has 0 aromatic heterocycles. The average molecular weight is 292 g/mol. The number of hydrogen-bond acceptors (Lipinski definition) is 4.